The molecule has 1 heterocycles. The van der Waals surface area contributed by atoms with Crippen molar-refractivity contribution in [3.63, 3.8) is 0 Å². The smallest absolute Gasteiger partial charge is 0.134 e. The number of nitrogens with one attached hydrogen (secondary N) is 1. The van der Waals surface area contributed by atoms with E-state index in [1.54, 1.807) is 6.33 Å². The number of aryl methyl sites for hydroxylation is 1. The molecule has 106 valence electrons. The molecular formula is C16H22N4. The molecule has 4 nitrogen and oxygen atoms in total. The van der Waals surface area contributed by atoms with Gasteiger partial charge in [-0.2, -0.15) is 0 Å². The molecule has 0 fully saturated rings. The number of hydrogen-bond acceptors (Lipinski definition) is 4. The zero-order valence-electron chi connectivity index (χ0n) is 12.4. The molecule has 0 aliphatic heterocycles. The highest BCUT2D eigenvalue weighted by atomic mass is 15.2. The van der Waals surface area contributed by atoms with Gasteiger partial charge < -0.3 is 10.2 Å². The summed E-state index contributed by atoms with van der Waals surface area (Å²) >= 11 is 0. The van der Waals surface area contributed by atoms with Crippen LogP contribution >= 0.6 is 0 Å². The summed E-state index contributed by atoms with van der Waals surface area (Å²) in [5.74, 6) is 1.84. The van der Waals surface area contributed by atoms with Gasteiger partial charge in [0.1, 0.15) is 18.0 Å². The summed E-state index contributed by atoms with van der Waals surface area (Å²) < 4.78 is 0. The van der Waals surface area contributed by atoms with Gasteiger partial charge >= 0.3 is 0 Å². The normalized spacial score (nSPS) is 10.3. The quantitative estimate of drug-likeness (QED) is 0.875. The maximum atomic E-state index is 4.33. The zero-order chi connectivity index (χ0) is 14.4. The van der Waals surface area contributed by atoms with Gasteiger partial charge in [-0.1, -0.05) is 24.3 Å². The molecule has 4 heteroatoms. The maximum Gasteiger partial charge on any atom is 0.134 e. The average molecular weight is 270 g/mol. The fourth-order valence-corrected chi connectivity index (χ4v) is 2.16. The molecule has 0 aliphatic rings. The molecule has 2 aromatic rings. The van der Waals surface area contributed by atoms with Crippen molar-refractivity contribution in [3.8, 4) is 0 Å². The number of hydrogen-bond donors (Lipinski definition) is 1. The third kappa shape index (κ3) is 3.47. The van der Waals surface area contributed by atoms with Crippen LogP contribution in [0.1, 0.15) is 25.0 Å². The lowest BCUT2D eigenvalue weighted by molar-refractivity contribution is 0.841. The highest BCUT2D eigenvalue weighted by Gasteiger charge is 2.05. The van der Waals surface area contributed by atoms with Crippen LogP contribution in [0.15, 0.2) is 36.7 Å². The van der Waals surface area contributed by atoms with Crippen molar-refractivity contribution in [1.82, 2.24) is 9.97 Å². The topological polar surface area (TPSA) is 41.0 Å². The van der Waals surface area contributed by atoms with Crippen LogP contribution in [0.3, 0.4) is 0 Å². The third-order valence-electron chi connectivity index (χ3n) is 3.46. The summed E-state index contributed by atoms with van der Waals surface area (Å²) in [6.07, 6.45) is 1.62. The largest absolute Gasteiger partial charge is 0.366 e. The van der Waals surface area contributed by atoms with Crippen molar-refractivity contribution >= 4 is 11.6 Å². The van der Waals surface area contributed by atoms with Gasteiger partial charge in [-0.15, -0.1) is 0 Å². The van der Waals surface area contributed by atoms with Gasteiger partial charge in [0, 0.05) is 25.7 Å². The summed E-state index contributed by atoms with van der Waals surface area (Å²) in [5, 5.41) is 3.37. The van der Waals surface area contributed by atoms with Crippen molar-refractivity contribution in [2.45, 2.75) is 27.3 Å². The standard InChI is InChI=1S/C16H22N4/c1-4-20(5-2)16-10-15(18-12-19-16)17-11-14-9-7-6-8-13(14)3/h6-10,12H,4-5,11H2,1-3H3,(H,17,18,19). The fourth-order valence-electron chi connectivity index (χ4n) is 2.16. The number of aromatic nitrogens is 2. The lowest BCUT2D eigenvalue weighted by Crippen LogP contribution is -2.23. The molecule has 2 rings (SSSR count). The first-order valence-electron chi connectivity index (χ1n) is 7.10. The molecule has 0 saturated carbocycles. The molecule has 0 aliphatic carbocycles. The van der Waals surface area contributed by atoms with Crippen molar-refractivity contribution < 1.29 is 0 Å². The van der Waals surface area contributed by atoms with Crippen LogP contribution in [-0.2, 0) is 6.54 Å². The SMILES string of the molecule is CCN(CC)c1cc(NCc2ccccc2C)ncn1. The van der Waals surface area contributed by atoms with E-state index < -0.39 is 0 Å². The second-order valence-electron chi connectivity index (χ2n) is 4.71. The van der Waals surface area contributed by atoms with Crippen molar-refractivity contribution in [1.29, 1.82) is 0 Å². The zero-order valence-corrected chi connectivity index (χ0v) is 12.4. The van der Waals surface area contributed by atoms with E-state index in [-0.39, 0.29) is 0 Å². The van der Waals surface area contributed by atoms with E-state index in [9.17, 15) is 0 Å². The predicted molar refractivity (Wildman–Crippen MR) is 84.1 cm³/mol. The Hall–Kier alpha value is -2.10. The summed E-state index contributed by atoms with van der Waals surface area (Å²) in [6.45, 7) is 9.06. The predicted octanol–water partition coefficient (Wildman–Crippen LogP) is 3.24. The van der Waals surface area contributed by atoms with Crippen LogP contribution in [-0.4, -0.2) is 23.1 Å². The fraction of sp³-hybridized carbons (Fsp3) is 0.375. The molecule has 1 aromatic carbocycles. The molecule has 0 bridgehead atoms. The number of nitrogens with zero attached hydrogens (tertiary/aromatic N) is 3. The minimum absolute atomic E-state index is 0.779. The van der Waals surface area contributed by atoms with Crippen molar-refractivity contribution in [3.05, 3.63) is 47.8 Å². The Morgan fingerprint density at radius 1 is 1.10 bits per heavy atom. The first-order chi connectivity index (χ1) is 9.74. The summed E-state index contributed by atoms with van der Waals surface area (Å²) in [7, 11) is 0. The molecule has 20 heavy (non-hydrogen) atoms. The Kier molecular flexibility index (Phi) is 4.93. The number of anilines is 2. The summed E-state index contributed by atoms with van der Waals surface area (Å²) in [6, 6.07) is 10.4. The van der Waals surface area contributed by atoms with Gasteiger partial charge in [-0.3, -0.25) is 0 Å². The molecule has 0 amide bonds. The Morgan fingerprint density at radius 2 is 1.85 bits per heavy atom. The lowest BCUT2D eigenvalue weighted by Gasteiger charge is -2.20. The Labute approximate surface area is 120 Å². The third-order valence-corrected chi connectivity index (χ3v) is 3.46. The molecule has 1 N–H and O–H groups in total. The Morgan fingerprint density at radius 3 is 2.55 bits per heavy atom. The second kappa shape index (κ2) is 6.89. The maximum absolute atomic E-state index is 4.33. The van der Waals surface area contributed by atoms with E-state index >= 15 is 0 Å². The van der Waals surface area contributed by atoms with Crippen LogP contribution in [0.25, 0.3) is 0 Å². The van der Waals surface area contributed by atoms with Gasteiger partial charge in [-0.25, -0.2) is 9.97 Å². The van der Waals surface area contributed by atoms with E-state index in [2.05, 4.69) is 65.2 Å². The second-order valence-corrected chi connectivity index (χ2v) is 4.71. The van der Waals surface area contributed by atoms with Crippen LogP contribution in [0.5, 0.6) is 0 Å². The summed E-state index contributed by atoms with van der Waals surface area (Å²) in [5.41, 5.74) is 2.58. The molecule has 0 radical (unpaired) electrons. The van der Waals surface area contributed by atoms with Gasteiger partial charge in [0.15, 0.2) is 0 Å². The Bertz CT molecular complexity index is 550. The number of rotatable bonds is 6. The highest BCUT2D eigenvalue weighted by molar-refractivity contribution is 5.48. The van der Waals surface area contributed by atoms with E-state index in [4.69, 9.17) is 0 Å². The molecular weight excluding hydrogens is 248 g/mol. The van der Waals surface area contributed by atoms with Gasteiger partial charge in [0.25, 0.3) is 0 Å². The van der Waals surface area contributed by atoms with E-state index in [0.29, 0.717) is 0 Å². The molecule has 0 atom stereocenters. The monoisotopic (exact) mass is 270 g/mol. The van der Waals surface area contributed by atoms with Gasteiger partial charge in [-0.05, 0) is 31.9 Å². The lowest BCUT2D eigenvalue weighted by atomic mass is 10.1. The van der Waals surface area contributed by atoms with Crippen LogP contribution < -0.4 is 10.2 Å². The summed E-state index contributed by atoms with van der Waals surface area (Å²) in [4.78, 5) is 10.8. The average Bonchev–Trinajstić information content (AvgIpc) is 2.48. The van der Waals surface area contributed by atoms with Crippen LogP contribution in [0, 0.1) is 6.92 Å². The molecule has 0 spiro atoms. The van der Waals surface area contributed by atoms with Crippen LogP contribution in [0.4, 0.5) is 11.6 Å². The van der Waals surface area contributed by atoms with Gasteiger partial charge in [0.05, 0.1) is 0 Å². The minimum Gasteiger partial charge on any atom is -0.366 e. The molecule has 1 aromatic heterocycles. The van der Waals surface area contributed by atoms with Gasteiger partial charge in [0.2, 0.25) is 0 Å². The van der Waals surface area contributed by atoms with E-state index in [0.717, 1.165) is 31.3 Å². The minimum atomic E-state index is 0.779. The van der Waals surface area contributed by atoms with Crippen molar-refractivity contribution in [2.24, 2.45) is 0 Å². The van der Waals surface area contributed by atoms with E-state index in [1.165, 1.54) is 11.1 Å². The first kappa shape index (κ1) is 14.3. The highest BCUT2D eigenvalue weighted by Crippen LogP contribution is 2.15. The number of benzene rings is 1. The Balaban J connectivity index is 2.07. The first-order valence-corrected chi connectivity index (χ1v) is 7.10. The molecule has 0 saturated heterocycles. The van der Waals surface area contributed by atoms with Crippen molar-refractivity contribution in [2.75, 3.05) is 23.3 Å². The van der Waals surface area contributed by atoms with E-state index in [1.807, 2.05) is 6.07 Å². The molecule has 0 unspecified atom stereocenters. The van der Waals surface area contributed by atoms with Crippen LogP contribution in [0.2, 0.25) is 0 Å².